The van der Waals surface area contributed by atoms with Crippen molar-refractivity contribution in [3.63, 3.8) is 0 Å². The second kappa shape index (κ2) is 9.36. The van der Waals surface area contributed by atoms with Crippen LogP contribution in [0.1, 0.15) is 16.1 Å². The zero-order valence-corrected chi connectivity index (χ0v) is 17.7. The van der Waals surface area contributed by atoms with Gasteiger partial charge in [-0.1, -0.05) is 41.9 Å². The lowest BCUT2D eigenvalue weighted by atomic mass is 10.2. The van der Waals surface area contributed by atoms with Gasteiger partial charge in [0.05, 0.1) is 11.3 Å². The lowest BCUT2D eigenvalue weighted by molar-refractivity contribution is -0.117. The first-order valence-electron chi connectivity index (χ1n) is 9.57. The Kier molecular flexibility index (Phi) is 6.17. The van der Waals surface area contributed by atoms with E-state index in [9.17, 15) is 14.4 Å². The first kappa shape index (κ1) is 21.8. The van der Waals surface area contributed by atoms with E-state index in [4.69, 9.17) is 16.7 Å². The molecule has 0 radical (unpaired) electrons. The van der Waals surface area contributed by atoms with Crippen LogP contribution in [-0.4, -0.2) is 47.2 Å². The van der Waals surface area contributed by atoms with Crippen molar-refractivity contribution >= 4 is 46.5 Å². The molecule has 0 spiro atoms. The molecule has 0 fully saturated rings. The smallest absolute Gasteiger partial charge is 0.410 e. The maximum Gasteiger partial charge on any atom is 0.410 e. The number of rotatable bonds is 7. The van der Waals surface area contributed by atoms with Gasteiger partial charge in [-0.15, -0.1) is 0 Å². The van der Waals surface area contributed by atoms with E-state index in [0.717, 1.165) is 11.9 Å². The molecule has 0 unspecified atom stereocenters. The fraction of sp³-hybridized carbons (Fsp3) is 0.100. The summed E-state index contributed by atoms with van der Waals surface area (Å²) in [5, 5.41) is 14.0. The monoisotopic (exact) mass is 468 g/mol. The zero-order valence-electron chi connectivity index (χ0n) is 16.9. The number of nitrogens with zero attached hydrogens (tertiary/aromatic N) is 5. The Morgan fingerprint density at radius 3 is 2.61 bits per heavy atom. The van der Waals surface area contributed by atoms with Crippen LogP contribution in [0.3, 0.4) is 0 Å². The highest BCUT2D eigenvalue weighted by Crippen LogP contribution is 2.18. The summed E-state index contributed by atoms with van der Waals surface area (Å²) in [6, 6.07) is 10.8. The van der Waals surface area contributed by atoms with E-state index in [1.54, 1.807) is 0 Å². The van der Waals surface area contributed by atoms with Crippen molar-refractivity contribution in [2.24, 2.45) is 0 Å². The molecule has 13 heteroatoms. The number of carbonyl (C=O) groups excluding carboxylic acids is 2. The summed E-state index contributed by atoms with van der Waals surface area (Å²) in [7, 11) is 0. The van der Waals surface area contributed by atoms with Crippen LogP contribution in [0, 0.1) is 0 Å². The van der Waals surface area contributed by atoms with Crippen molar-refractivity contribution < 1.29 is 19.5 Å². The summed E-state index contributed by atoms with van der Waals surface area (Å²) in [4.78, 5) is 48.2. The van der Waals surface area contributed by atoms with Gasteiger partial charge in [0.15, 0.2) is 17.0 Å². The van der Waals surface area contributed by atoms with Crippen LogP contribution < -0.4 is 16.1 Å². The molecule has 0 atom stereocenters. The van der Waals surface area contributed by atoms with Crippen molar-refractivity contribution in [3.8, 4) is 0 Å². The van der Waals surface area contributed by atoms with Gasteiger partial charge in [0.25, 0.3) is 11.8 Å². The van der Waals surface area contributed by atoms with E-state index in [1.165, 1.54) is 27.8 Å². The number of benzene rings is 1. The average molecular weight is 469 g/mol. The number of carboxylic acid groups (broad SMARTS) is 1. The zero-order chi connectivity index (χ0) is 23.4. The number of amides is 3. The van der Waals surface area contributed by atoms with Crippen LogP contribution in [0.5, 0.6) is 0 Å². The molecule has 0 aliphatic carbocycles. The van der Waals surface area contributed by atoms with Gasteiger partial charge in [-0.3, -0.25) is 25.0 Å². The number of halogens is 1. The van der Waals surface area contributed by atoms with Crippen molar-refractivity contribution in [1.82, 2.24) is 29.5 Å². The van der Waals surface area contributed by atoms with Crippen molar-refractivity contribution in [2.45, 2.75) is 13.1 Å². The summed E-state index contributed by atoms with van der Waals surface area (Å²) in [5.74, 6) is -0.953. The minimum absolute atomic E-state index is 0.00113. The number of imidazole rings is 1. The summed E-state index contributed by atoms with van der Waals surface area (Å²) in [5.41, 5.74) is 4.03. The molecule has 4 rings (SSSR count). The van der Waals surface area contributed by atoms with Crippen molar-refractivity contribution in [2.75, 3.05) is 10.7 Å². The van der Waals surface area contributed by atoms with Gasteiger partial charge in [0.2, 0.25) is 0 Å². The molecular formula is C20H17ClN8O4. The Hall–Kier alpha value is -4.45. The maximum absolute atomic E-state index is 12.7. The Labute approximate surface area is 191 Å². The minimum atomic E-state index is -1.30. The van der Waals surface area contributed by atoms with Crippen LogP contribution in [-0.2, 0) is 17.9 Å². The van der Waals surface area contributed by atoms with Crippen LogP contribution in [0.4, 0.5) is 10.6 Å². The number of hydrogen-bond donors (Lipinski definition) is 4. The number of nitrogens with one attached hydrogen (secondary N) is 3. The van der Waals surface area contributed by atoms with Gasteiger partial charge in [-0.2, -0.15) is 0 Å². The largest absolute Gasteiger partial charge is 0.465 e. The third kappa shape index (κ3) is 4.91. The molecule has 12 nitrogen and oxygen atoms in total. The topological polar surface area (TPSA) is 156 Å². The van der Waals surface area contributed by atoms with Gasteiger partial charge < -0.3 is 15.0 Å². The average Bonchev–Trinajstić information content (AvgIpc) is 3.36. The molecule has 1 aromatic carbocycles. The molecule has 3 aromatic heterocycles. The molecule has 0 saturated heterocycles. The van der Waals surface area contributed by atoms with Gasteiger partial charge in [0, 0.05) is 12.7 Å². The fourth-order valence-electron chi connectivity index (χ4n) is 3.10. The lowest BCUT2D eigenvalue weighted by Gasteiger charge is -2.12. The minimum Gasteiger partial charge on any atom is -0.465 e. The Bertz CT molecular complexity index is 1330. The highest BCUT2D eigenvalue weighted by atomic mass is 35.5. The van der Waals surface area contributed by atoms with Crippen molar-refractivity contribution in [3.05, 3.63) is 71.5 Å². The molecule has 4 aromatic rings. The van der Waals surface area contributed by atoms with E-state index in [0.29, 0.717) is 6.54 Å². The summed E-state index contributed by atoms with van der Waals surface area (Å²) < 4.78 is 2.65. The molecule has 168 valence electrons. The van der Waals surface area contributed by atoms with Crippen LogP contribution in [0.25, 0.3) is 11.2 Å². The SMILES string of the molecule is O=C(O)Nc1ncnc2c1ncn2CC(=O)Nn1ccc(Cl)c1C(=O)NCc1ccccc1. The molecule has 0 aliphatic heterocycles. The van der Waals surface area contributed by atoms with Gasteiger partial charge in [-0.25, -0.2) is 19.7 Å². The van der Waals surface area contributed by atoms with Gasteiger partial charge in [0.1, 0.15) is 18.6 Å². The standard InChI is InChI=1S/C20H17ClN8O4/c21-13-6-7-29(16(13)19(31)22-8-12-4-2-1-3-5-12)27-14(30)9-28-11-25-15-17(26-20(32)33)23-10-24-18(15)28/h1-7,10-11H,8-9H2,(H,22,31)(H,27,30)(H,32,33)(H,23,24,26). The fourth-order valence-corrected chi connectivity index (χ4v) is 3.33. The van der Waals surface area contributed by atoms with Crippen LogP contribution in [0.2, 0.25) is 5.02 Å². The third-order valence-electron chi connectivity index (χ3n) is 4.53. The van der Waals surface area contributed by atoms with E-state index in [1.807, 2.05) is 30.3 Å². The first-order valence-corrected chi connectivity index (χ1v) is 9.95. The lowest BCUT2D eigenvalue weighted by Crippen LogP contribution is -2.32. The van der Waals surface area contributed by atoms with Crippen LogP contribution >= 0.6 is 11.6 Å². The molecule has 3 heterocycles. The summed E-state index contributed by atoms with van der Waals surface area (Å²) in [6.07, 6.45) is 2.65. The maximum atomic E-state index is 12.7. The highest BCUT2D eigenvalue weighted by Gasteiger charge is 2.19. The molecular weight excluding hydrogens is 452 g/mol. The second-order valence-electron chi connectivity index (χ2n) is 6.78. The van der Waals surface area contributed by atoms with E-state index in [-0.39, 0.29) is 34.2 Å². The first-order chi connectivity index (χ1) is 15.9. The summed E-state index contributed by atoms with van der Waals surface area (Å²) >= 11 is 6.16. The van der Waals surface area contributed by atoms with Gasteiger partial charge >= 0.3 is 6.09 Å². The number of hydrogen-bond acceptors (Lipinski definition) is 6. The Morgan fingerprint density at radius 2 is 1.85 bits per heavy atom. The van der Waals surface area contributed by atoms with Crippen LogP contribution in [0.15, 0.2) is 55.2 Å². The third-order valence-corrected chi connectivity index (χ3v) is 4.84. The Balaban J connectivity index is 1.46. The number of carbonyl (C=O) groups is 3. The molecule has 3 amide bonds. The predicted octanol–water partition coefficient (Wildman–Crippen LogP) is 2.07. The number of aromatic nitrogens is 5. The van der Waals surface area contributed by atoms with E-state index in [2.05, 4.69) is 31.0 Å². The van der Waals surface area contributed by atoms with E-state index < -0.39 is 17.9 Å². The molecule has 0 aliphatic rings. The molecule has 0 saturated carbocycles. The summed E-state index contributed by atoms with van der Waals surface area (Å²) in [6.45, 7) is 0.0868. The normalized spacial score (nSPS) is 10.7. The molecule has 33 heavy (non-hydrogen) atoms. The second-order valence-corrected chi connectivity index (χ2v) is 7.19. The molecule has 0 bridgehead atoms. The number of anilines is 1. The Morgan fingerprint density at radius 1 is 1.06 bits per heavy atom. The quantitative estimate of drug-likeness (QED) is 0.323. The van der Waals surface area contributed by atoms with Gasteiger partial charge in [-0.05, 0) is 11.6 Å². The number of fused-ring (bicyclic) bond motifs is 1. The molecule has 4 N–H and O–H groups in total. The predicted molar refractivity (Wildman–Crippen MR) is 118 cm³/mol. The van der Waals surface area contributed by atoms with E-state index >= 15 is 0 Å². The highest BCUT2D eigenvalue weighted by molar-refractivity contribution is 6.33. The van der Waals surface area contributed by atoms with Crippen molar-refractivity contribution in [1.29, 1.82) is 0 Å².